The van der Waals surface area contributed by atoms with E-state index in [4.69, 9.17) is 4.52 Å². The molecular formula is C14H18N4O2. The number of carbonyl (C=O) groups excluding carboxylic acids is 1. The normalized spacial score (nSPS) is 19.3. The van der Waals surface area contributed by atoms with Gasteiger partial charge in [-0.15, -0.1) is 0 Å². The summed E-state index contributed by atoms with van der Waals surface area (Å²) in [5.74, 6) is 0.614. The average molecular weight is 274 g/mol. The van der Waals surface area contributed by atoms with Crippen molar-refractivity contribution >= 4 is 5.91 Å². The predicted octanol–water partition coefficient (Wildman–Crippen LogP) is 1.97. The van der Waals surface area contributed by atoms with Crippen molar-refractivity contribution in [3.8, 4) is 0 Å². The van der Waals surface area contributed by atoms with Crippen LogP contribution in [0.1, 0.15) is 40.7 Å². The zero-order valence-electron chi connectivity index (χ0n) is 11.7. The van der Waals surface area contributed by atoms with Crippen molar-refractivity contribution < 1.29 is 9.32 Å². The SMILES string of the molecule is Cc1noc(C)c1C(=O)N1CCC[C@H](n2ccnc2)C1. The minimum Gasteiger partial charge on any atom is -0.361 e. The summed E-state index contributed by atoms with van der Waals surface area (Å²) in [5, 5.41) is 3.86. The third-order valence-electron chi connectivity index (χ3n) is 3.88. The molecule has 0 bridgehead atoms. The maximum absolute atomic E-state index is 12.6. The van der Waals surface area contributed by atoms with Crippen LogP contribution in [0.25, 0.3) is 0 Å². The van der Waals surface area contributed by atoms with Crippen LogP contribution in [0.15, 0.2) is 23.2 Å². The van der Waals surface area contributed by atoms with E-state index < -0.39 is 0 Å². The fourth-order valence-corrected chi connectivity index (χ4v) is 2.81. The molecule has 0 N–H and O–H groups in total. The molecule has 106 valence electrons. The van der Waals surface area contributed by atoms with Crippen LogP contribution in [-0.2, 0) is 0 Å². The average Bonchev–Trinajstić information content (AvgIpc) is 3.09. The van der Waals surface area contributed by atoms with Crippen LogP contribution in [0.2, 0.25) is 0 Å². The van der Waals surface area contributed by atoms with Gasteiger partial charge in [-0.2, -0.15) is 0 Å². The number of hydrogen-bond acceptors (Lipinski definition) is 4. The Kier molecular flexibility index (Phi) is 3.30. The lowest BCUT2D eigenvalue weighted by molar-refractivity contribution is 0.0677. The van der Waals surface area contributed by atoms with Crippen molar-refractivity contribution in [3.05, 3.63) is 35.7 Å². The second-order valence-electron chi connectivity index (χ2n) is 5.26. The van der Waals surface area contributed by atoms with Gasteiger partial charge in [-0.25, -0.2) is 4.98 Å². The van der Waals surface area contributed by atoms with Gasteiger partial charge in [0.05, 0.1) is 18.1 Å². The van der Waals surface area contributed by atoms with Gasteiger partial charge in [0.15, 0.2) is 0 Å². The van der Waals surface area contributed by atoms with Crippen LogP contribution in [-0.4, -0.2) is 38.6 Å². The summed E-state index contributed by atoms with van der Waals surface area (Å²) >= 11 is 0. The maximum atomic E-state index is 12.6. The number of likely N-dealkylation sites (tertiary alicyclic amines) is 1. The number of nitrogens with zero attached hydrogens (tertiary/aromatic N) is 4. The summed E-state index contributed by atoms with van der Waals surface area (Å²) in [5.41, 5.74) is 1.27. The van der Waals surface area contributed by atoms with Gasteiger partial charge in [0, 0.05) is 25.5 Å². The van der Waals surface area contributed by atoms with Crippen molar-refractivity contribution in [2.75, 3.05) is 13.1 Å². The first-order valence-electron chi connectivity index (χ1n) is 6.86. The number of hydrogen-bond donors (Lipinski definition) is 0. The molecule has 2 aromatic rings. The quantitative estimate of drug-likeness (QED) is 0.839. The van der Waals surface area contributed by atoms with Gasteiger partial charge in [0.1, 0.15) is 11.3 Å². The molecule has 0 radical (unpaired) electrons. The van der Waals surface area contributed by atoms with E-state index in [9.17, 15) is 4.79 Å². The van der Waals surface area contributed by atoms with Crippen LogP contribution >= 0.6 is 0 Å². The number of aryl methyl sites for hydroxylation is 2. The fourth-order valence-electron chi connectivity index (χ4n) is 2.81. The van der Waals surface area contributed by atoms with Gasteiger partial charge in [0.25, 0.3) is 5.91 Å². The molecule has 6 heteroatoms. The monoisotopic (exact) mass is 274 g/mol. The van der Waals surface area contributed by atoms with E-state index in [0.29, 0.717) is 29.6 Å². The van der Waals surface area contributed by atoms with E-state index in [1.165, 1.54) is 0 Å². The molecule has 3 rings (SSSR count). The number of piperidine rings is 1. The molecule has 3 heterocycles. The number of rotatable bonds is 2. The highest BCUT2D eigenvalue weighted by molar-refractivity contribution is 5.96. The topological polar surface area (TPSA) is 64.2 Å². The Morgan fingerprint density at radius 2 is 2.30 bits per heavy atom. The van der Waals surface area contributed by atoms with Gasteiger partial charge in [0.2, 0.25) is 0 Å². The molecule has 0 aromatic carbocycles. The van der Waals surface area contributed by atoms with Crippen LogP contribution in [0.3, 0.4) is 0 Å². The summed E-state index contributed by atoms with van der Waals surface area (Å²) in [7, 11) is 0. The lowest BCUT2D eigenvalue weighted by atomic mass is 10.0. The minimum atomic E-state index is 0.0195. The third kappa shape index (κ3) is 2.21. The molecule has 1 amide bonds. The van der Waals surface area contributed by atoms with E-state index in [0.717, 1.165) is 19.4 Å². The predicted molar refractivity (Wildman–Crippen MR) is 72.4 cm³/mol. The lowest BCUT2D eigenvalue weighted by Gasteiger charge is -2.33. The van der Waals surface area contributed by atoms with Crippen molar-refractivity contribution in [2.24, 2.45) is 0 Å². The highest BCUT2D eigenvalue weighted by atomic mass is 16.5. The molecule has 1 saturated heterocycles. The standard InChI is InChI=1S/C14H18N4O2/c1-10-13(11(2)20-16-10)14(19)17-6-3-4-12(8-17)18-7-5-15-9-18/h5,7,9,12H,3-4,6,8H2,1-2H3/t12-/m0/s1. The smallest absolute Gasteiger partial charge is 0.259 e. The van der Waals surface area contributed by atoms with Crippen LogP contribution in [0, 0.1) is 13.8 Å². The number of carbonyl (C=O) groups is 1. The van der Waals surface area contributed by atoms with Gasteiger partial charge in [-0.1, -0.05) is 5.16 Å². The van der Waals surface area contributed by atoms with E-state index in [1.807, 2.05) is 17.4 Å². The Balaban J connectivity index is 1.79. The molecule has 1 aliphatic rings. The van der Waals surface area contributed by atoms with Crippen LogP contribution in [0.5, 0.6) is 0 Å². The molecule has 1 aliphatic heterocycles. The van der Waals surface area contributed by atoms with Crippen molar-refractivity contribution in [1.82, 2.24) is 19.6 Å². The Bertz CT molecular complexity index is 583. The number of imidazole rings is 1. The first-order valence-corrected chi connectivity index (χ1v) is 6.86. The van der Waals surface area contributed by atoms with Gasteiger partial charge in [-0.05, 0) is 26.7 Å². The number of amides is 1. The Hall–Kier alpha value is -2.11. The summed E-state index contributed by atoms with van der Waals surface area (Å²) in [6.45, 7) is 5.08. The fraction of sp³-hybridized carbons (Fsp3) is 0.500. The second-order valence-corrected chi connectivity index (χ2v) is 5.26. The molecule has 1 fully saturated rings. The van der Waals surface area contributed by atoms with Gasteiger partial charge < -0.3 is 14.0 Å². The molecule has 0 unspecified atom stereocenters. The summed E-state index contributed by atoms with van der Waals surface area (Å²) in [4.78, 5) is 18.6. The first-order chi connectivity index (χ1) is 9.66. The van der Waals surface area contributed by atoms with Crippen molar-refractivity contribution in [1.29, 1.82) is 0 Å². The largest absolute Gasteiger partial charge is 0.361 e. The van der Waals surface area contributed by atoms with E-state index in [2.05, 4.69) is 14.7 Å². The third-order valence-corrected chi connectivity index (χ3v) is 3.88. The van der Waals surface area contributed by atoms with Crippen LogP contribution < -0.4 is 0 Å². The molecule has 0 spiro atoms. The first kappa shape index (κ1) is 12.9. The molecule has 0 aliphatic carbocycles. The van der Waals surface area contributed by atoms with Crippen molar-refractivity contribution in [3.63, 3.8) is 0 Å². The summed E-state index contributed by atoms with van der Waals surface area (Å²) < 4.78 is 7.17. The zero-order chi connectivity index (χ0) is 14.1. The molecule has 20 heavy (non-hydrogen) atoms. The molecule has 6 nitrogen and oxygen atoms in total. The summed E-state index contributed by atoms with van der Waals surface area (Å²) in [6.07, 6.45) is 7.61. The number of aromatic nitrogens is 3. The van der Waals surface area contributed by atoms with E-state index in [-0.39, 0.29) is 5.91 Å². The summed E-state index contributed by atoms with van der Waals surface area (Å²) in [6, 6.07) is 0.302. The molecule has 2 aromatic heterocycles. The molecule has 1 atom stereocenters. The van der Waals surface area contributed by atoms with Gasteiger partial charge >= 0.3 is 0 Å². The van der Waals surface area contributed by atoms with Gasteiger partial charge in [-0.3, -0.25) is 4.79 Å². The zero-order valence-corrected chi connectivity index (χ0v) is 11.7. The molecular weight excluding hydrogens is 256 g/mol. The van der Waals surface area contributed by atoms with Crippen LogP contribution in [0.4, 0.5) is 0 Å². The minimum absolute atomic E-state index is 0.0195. The maximum Gasteiger partial charge on any atom is 0.259 e. The Morgan fingerprint density at radius 1 is 1.45 bits per heavy atom. The highest BCUT2D eigenvalue weighted by Crippen LogP contribution is 2.24. The van der Waals surface area contributed by atoms with Crippen molar-refractivity contribution in [2.45, 2.75) is 32.7 Å². The van der Waals surface area contributed by atoms with E-state index in [1.54, 1.807) is 20.0 Å². The van der Waals surface area contributed by atoms with E-state index >= 15 is 0 Å². The Labute approximate surface area is 117 Å². The highest BCUT2D eigenvalue weighted by Gasteiger charge is 2.28. The second kappa shape index (κ2) is 5.11. The Morgan fingerprint density at radius 3 is 2.95 bits per heavy atom. The molecule has 0 saturated carbocycles. The lowest BCUT2D eigenvalue weighted by Crippen LogP contribution is -2.40.